The highest BCUT2D eigenvalue weighted by molar-refractivity contribution is 5.87. The van der Waals surface area contributed by atoms with E-state index in [1.165, 1.54) is 4.90 Å². The Labute approximate surface area is 123 Å². The van der Waals surface area contributed by atoms with Gasteiger partial charge in [-0.25, -0.2) is 4.79 Å². The highest BCUT2D eigenvalue weighted by atomic mass is 16.5. The summed E-state index contributed by atoms with van der Waals surface area (Å²) in [4.78, 5) is 24.8. The summed E-state index contributed by atoms with van der Waals surface area (Å²) in [6, 6.07) is 6.16. The second-order valence-electron chi connectivity index (χ2n) is 4.96. The third-order valence-corrected chi connectivity index (χ3v) is 3.54. The maximum Gasteiger partial charge on any atom is 0.326 e. The van der Waals surface area contributed by atoms with Gasteiger partial charge in [-0.3, -0.25) is 4.79 Å². The molecule has 0 aliphatic carbocycles. The number of rotatable bonds is 5. The molecule has 0 saturated carbocycles. The molecule has 1 aliphatic rings. The Balaban J connectivity index is 2.00. The number of methoxy groups -OCH3 is 1. The van der Waals surface area contributed by atoms with Gasteiger partial charge < -0.3 is 19.5 Å². The number of likely N-dealkylation sites (tertiary alicyclic amines) is 1. The first kappa shape index (κ1) is 15.2. The van der Waals surface area contributed by atoms with Gasteiger partial charge in [-0.05, 0) is 44.0 Å². The largest absolute Gasteiger partial charge is 0.497 e. The number of aliphatic carboxylic acids is 1. The Kier molecular flexibility index (Phi) is 4.67. The fourth-order valence-electron chi connectivity index (χ4n) is 2.43. The highest BCUT2D eigenvalue weighted by Gasteiger charge is 2.36. The number of hydrogen-bond acceptors (Lipinski definition) is 4. The third-order valence-electron chi connectivity index (χ3n) is 3.54. The molecule has 1 aromatic rings. The van der Waals surface area contributed by atoms with Gasteiger partial charge in [0.1, 0.15) is 17.5 Å². The third kappa shape index (κ3) is 3.45. The van der Waals surface area contributed by atoms with E-state index in [1.807, 2.05) is 0 Å². The van der Waals surface area contributed by atoms with Gasteiger partial charge in [0.25, 0.3) is 5.91 Å². The lowest BCUT2D eigenvalue weighted by Gasteiger charge is -2.25. The molecule has 114 valence electrons. The molecule has 6 heteroatoms. The number of benzene rings is 1. The fraction of sp³-hybridized carbons (Fsp3) is 0.467. The molecular weight excluding hydrogens is 274 g/mol. The molecule has 1 aromatic carbocycles. The van der Waals surface area contributed by atoms with Crippen LogP contribution in [0.1, 0.15) is 19.8 Å². The van der Waals surface area contributed by atoms with Gasteiger partial charge in [-0.2, -0.15) is 0 Å². The monoisotopic (exact) mass is 293 g/mol. The van der Waals surface area contributed by atoms with Crippen molar-refractivity contribution in [2.24, 2.45) is 0 Å². The van der Waals surface area contributed by atoms with Crippen molar-refractivity contribution in [1.82, 2.24) is 4.90 Å². The molecule has 0 spiro atoms. The Morgan fingerprint density at radius 3 is 2.48 bits per heavy atom. The topological polar surface area (TPSA) is 76.1 Å². The van der Waals surface area contributed by atoms with Gasteiger partial charge in [-0.15, -0.1) is 0 Å². The minimum Gasteiger partial charge on any atom is -0.497 e. The minimum absolute atomic E-state index is 0.296. The normalized spacial score (nSPS) is 19.1. The molecule has 1 unspecified atom stereocenters. The second-order valence-corrected chi connectivity index (χ2v) is 4.96. The Hall–Kier alpha value is -2.24. The van der Waals surface area contributed by atoms with Crippen molar-refractivity contribution in [1.29, 1.82) is 0 Å². The zero-order chi connectivity index (χ0) is 15.4. The van der Waals surface area contributed by atoms with Crippen molar-refractivity contribution in [3.8, 4) is 11.5 Å². The van der Waals surface area contributed by atoms with Crippen LogP contribution in [0.4, 0.5) is 0 Å². The second kappa shape index (κ2) is 6.47. The smallest absolute Gasteiger partial charge is 0.326 e. The zero-order valence-corrected chi connectivity index (χ0v) is 12.1. The predicted molar refractivity (Wildman–Crippen MR) is 75.5 cm³/mol. The van der Waals surface area contributed by atoms with E-state index >= 15 is 0 Å². The molecule has 1 amide bonds. The number of hydrogen-bond donors (Lipinski definition) is 1. The molecule has 0 bridgehead atoms. The molecule has 1 saturated heterocycles. The van der Waals surface area contributed by atoms with E-state index in [0.29, 0.717) is 30.9 Å². The maximum atomic E-state index is 12.3. The lowest BCUT2D eigenvalue weighted by Crippen LogP contribution is -2.46. The number of carboxylic acids is 1. The first-order valence-electron chi connectivity index (χ1n) is 6.87. The van der Waals surface area contributed by atoms with Crippen LogP contribution in [0.15, 0.2) is 24.3 Å². The van der Waals surface area contributed by atoms with Crippen LogP contribution in [-0.4, -0.2) is 47.7 Å². The molecule has 6 nitrogen and oxygen atoms in total. The first-order chi connectivity index (χ1) is 10.0. The molecule has 1 aliphatic heterocycles. The van der Waals surface area contributed by atoms with Crippen LogP contribution in [0.3, 0.4) is 0 Å². The van der Waals surface area contributed by atoms with Crippen molar-refractivity contribution in [2.45, 2.75) is 31.9 Å². The number of carboxylic acid groups (broad SMARTS) is 1. The quantitative estimate of drug-likeness (QED) is 0.891. The Morgan fingerprint density at radius 1 is 1.29 bits per heavy atom. The molecule has 2 atom stereocenters. The van der Waals surface area contributed by atoms with E-state index in [4.69, 9.17) is 14.6 Å². The van der Waals surface area contributed by atoms with Crippen LogP contribution in [0, 0.1) is 0 Å². The van der Waals surface area contributed by atoms with Gasteiger partial charge in [0.15, 0.2) is 6.10 Å². The SMILES string of the molecule is COc1ccc(OC(C)C(=O)N2CCC[C@H]2C(=O)O)cc1. The Bertz CT molecular complexity index is 513. The highest BCUT2D eigenvalue weighted by Crippen LogP contribution is 2.22. The number of ether oxygens (including phenoxy) is 2. The maximum absolute atomic E-state index is 12.3. The lowest BCUT2D eigenvalue weighted by atomic mass is 10.2. The average molecular weight is 293 g/mol. The Morgan fingerprint density at radius 2 is 1.90 bits per heavy atom. The van der Waals surface area contributed by atoms with Crippen molar-refractivity contribution in [3.05, 3.63) is 24.3 Å². The van der Waals surface area contributed by atoms with Gasteiger partial charge >= 0.3 is 5.97 Å². The van der Waals surface area contributed by atoms with E-state index in [9.17, 15) is 9.59 Å². The van der Waals surface area contributed by atoms with Gasteiger partial charge in [0.05, 0.1) is 7.11 Å². The number of amides is 1. The lowest BCUT2D eigenvalue weighted by molar-refractivity contribution is -0.150. The molecule has 1 N–H and O–H groups in total. The van der Waals surface area contributed by atoms with Crippen LogP contribution >= 0.6 is 0 Å². The molecule has 1 heterocycles. The fourth-order valence-corrected chi connectivity index (χ4v) is 2.43. The number of nitrogens with zero attached hydrogens (tertiary/aromatic N) is 1. The van der Waals surface area contributed by atoms with Crippen LogP contribution < -0.4 is 9.47 Å². The number of carbonyl (C=O) groups excluding carboxylic acids is 1. The van der Waals surface area contributed by atoms with Crippen LogP contribution in [0.25, 0.3) is 0 Å². The molecule has 0 radical (unpaired) electrons. The van der Waals surface area contributed by atoms with Crippen LogP contribution in [0.2, 0.25) is 0 Å². The average Bonchev–Trinajstić information content (AvgIpc) is 2.96. The van der Waals surface area contributed by atoms with Crippen molar-refractivity contribution in [2.75, 3.05) is 13.7 Å². The summed E-state index contributed by atoms with van der Waals surface area (Å²) in [5.41, 5.74) is 0. The van der Waals surface area contributed by atoms with Crippen LogP contribution in [0.5, 0.6) is 11.5 Å². The summed E-state index contributed by atoms with van der Waals surface area (Å²) in [6.07, 6.45) is 0.479. The molecule has 21 heavy (non-hydrogen) atoms. The van der Waals surface area contributed by atoms with Crippen LogP contribution in [-0.2, 0) is 9.59 Å². The van der Waals surface area contributed by atoms with Crippen molar-refractivity contribution in [3.63, 3.8) is 0 Å². The van der Waals surface area contributed by atoms with E-state index < -0.39 is 18.1 Å². The van der Waals surface area contributed by atoms with Gasteiger partial charge in [0, 0.05) is 6.54 Å². The summed E-state index contributed by atoms with van der Waals surface area (Å²) in [6.45, 7) is 2.09. The van der Waals surface area contributed by atoms with E-state index in [2.05, 4.69) is 0 Å². The summed E-state index contributed by atoms with van der Waals surface area (Å²) < 4.78 is 10.6. The van der Waals surface area contributed by atoms with Gasteiger partial charge in [-0.1, -0.05) is 0 Å². The van der Waals surface area contributed by atoms with Gasteiger partial charge in [0.2, 0.25) is 0 Å². The first-order valence-corrected chi connectivity index (χ1v) is 6.87. The van der Waals surface area contributed by atoms with E-state index in [0.717, 1.165) is 0 Å². The molecule has 0 aromatic heterocycles. The van der Waals surface area contributed by atoms with Crippen molar-refractivity contribution >= 4 is 11.9 Å². The molecule has 2 rings (SSSR count). The minimum atomic E-state index is -0.961. The standard InChI is InChI=1S/C15H19NO5/c1-10(21-12-7-5-11(20-2)6-8-12)14(17)16-9-3-4-13(16)15(18)19/h5-8,10,13H,3-4,9H2,1-2H3,(H,18,19)/t10?,13-/m0/s1. The summed E-state index contributed by atoms with van der Waals surface area (Å²) in [5, 5.41) is 9.11. The summed E-state index contributed by atoms with van der Waals surface area (Å²) in [7, 11) is 1.57. The van der Waals surface area contributed by atoms with Crippen molar-refractivity contribution < 1.29 is 24.2 Å². The van der Waals surface area contributed by atoms with E-state index in [1.54, 1.807) is 38.3 Å². The van der Waals surface area contributed by atoms with E-state index in [-0.39, 0.29) is 5.91 Å². The predicted octanol–water partition coefficient (Wildman–Crippen LogP) is 1.54. The summed E-state index contributed by atoms with van der Waals surface area (Å²) >= 11 is 0. The number of carbonyl (C=O) groups is 2. The molecular formula is C15H19NO5. The molecule has 1 fully saturated rings. The zero-order valence-electron chi connectivity index (χ0n) is 12.1. The summed E-state index contributed by atoms with van der Waals surface area (Å²) in [5.74, 6) is -0.0113.